The Morgan fingerprint density at radius 2 is 1.94 bits per heavy atom. The molecule has 0 saturated carbocycles. The van der Waals surface area contributed by atoms with E-state index in [1.54, 1.807) is 0 Å². The summed E-state index contributed by atoms with van der Waals surface area (Å²) in [7, 11) is 0. The van der Waals surface area contributed by atoms with Crippen LogP contribution in [0.3, 0.4) is 0 Å². The zero-order valence-corrected chi connectivity index (χ0v) is 9.69. The van der Waals surface area contributed by atoms with E-state index >= 15 is 0 Å². The Balaban J connectivity index is 2.29. The van der Waals surface area contributed by atoms with Crippen LogP contribution in [-0.4, -0.2) is 17.0 Å². The predicted molar refractivity (Wildman–Crippen MR) is 64.4 cm³/mol. The molecule has 0 aliphatic carbocycles. The van der Waals surface area contributed by atoms with Crippen LogP contribution in [-0.2, 0) is 9.59 Å². The molecule has 1 aromatic carbocycles. The van der Waals surface area contributed by atoms with E-state index in [0.717, 1.165) is 11.3 Å². The summed E-state index contributed by atoms with van der Waals surface area (Å²) in [5.74, 6) is -1.10. The minimum atomic E-state index is -0.885. The second kappa shape index (κ2) is 6.52. The maximum Gasteiger partial charge on any atom is 0.303 e. The van der Waals surface area contributed by atoms with E-state index < -0.39 is 5.97 Å². The molecule has 1 aromatic rings. The summed E-state index contributed by atoms with van der Waals surface area (Å²) in [6, 6.07) is 7.56. The number of hydrogen-bond donors (Lipinski definition) is 3. The van der Waals surface area contributed by atoms with Crippen molar-refractivity contribution in [2.24, 2.45) is 0 Å². The Labute approximate surface area is 99.8 Å². The normalized spacial score (nSPS) is 9.71. The molecule has 0 atom stereocenters. The fourth-order valence-corrected chi connectivity index (χ4v) is 1.31. The van der Waals surface area contributed by atoms with Crippen LogP contribution in [0.5, 0.6) is 0 Å². The van der Waals surface area contributed by atoms with Gasteiger partial charge in [0.15, 0.2) is 0 Å². The maximum absolute atomic E-state index is 11.3. The van der Waals surface area contributed by atoms with Crippen LogP contribution in [0.2, 0.25) is 0 Å². The van der Waals surface area contributed by atoms with Crippen molar-refractivity contribution in [3.8, 4) is 0 Å². The van der Waals surface area contributed by atoms with Gasteiger partial charge in [-0.05, 0) is 25.0 Å². The molecule has 0 saturated heterocycles. The minimum absolute atomic E-state index is 0.0117. The molecule has 0 fully saturated rings. The number of hydrogen-bond acceptors (Lipinski definition) is 3. The number of nitrogens with one attached hydrogen (secondary N) is 2. The number of aryl methyl sites for hydroxylation is 1. The summed E-state index contributed by atoms with van der Waals surface area (Å²) >= 11 is 0. The lowest BCUT2D eigenvalue weighted by Gasteiger charge is -2.10. The first-order valence-electron chi connectivity index (χ1n) is 5.42. The van der Waals surface area contributed by atoms with Gasteiger partial charge < -0.3 is 5.11 Å². The van der Waals surface area contributed by atoms with Crippen molar-refractivity contribution < 1.29 is 14.7 Å². The standard InChI is InChI=1S/C12H16N2O3/c1-9-5-2-3-6-10(9)13-14-11(15)7-4-8-12(16)17/h2-3,5-6,13H,4,7-8H2,1H3,(H,14,15)(H,16,17). The molecule has 0 heterocycles. The molecule has 1 amide bonds. The van der Waals surface area contributed by atoms with Crippen LogP contribution >= 0.6 is 0 Å². The number of amides is 1. The third-order valence-electron chi connectivity index (χ3n) is 2.28. The van der Waals surface area contributed by atoms with Crippen LogP contribution in [0.1, 0.15) is 24.8 Å². The number of hydrazine groups is 1. The highest BCUT2D eigenvalue weighted by Crippen LogP contribution is 2.11. The SMILES string of the molecule is Cc1ccccc1NNC(=O)CCCC(=O)O. The molecular formula is C12H16N2O3. The fourth-order valence-electron chi connectivity index (χ4n) is 1.31. The Hall–Kier alpha value is -2.04. The zero-order valence-electron chi connectivity index (χ0n) is 9.69. The lowest BCUT2D eigenvalue weighted by atomic mass is 10.2. The second-order valence-electron chi connectivity index (χ2n) is 3.74. The van der Waals surface area contributed by atoms with E-state index in [0.29, 0.717) is 6.42 Å². The topological polar surface area (TPSA) is 78.4 Å². The van der Waals surface area contributed by atoms with Crippen LogP contribution in [0.15, 0.2) is 24.3 Å². The maximum atomic E-state index is 11.3. The summed E-state index contributed by atoms with van der Waals surface area (Å²) in [4.78, 5) is 21.6. The molecule has 0 bridgehead atoms. The highest BCUT2D eigenvalue weighted by Gasteiger charge is 2.03. The van der Waals surface area contributed by atoms with Gasteiger partial charge in [0, 0.05) is 12.8 Å². The molecule has 1 rings (SSSR count). The highest BCUT2D eigenvalue weighted by atomic mass is 16.4. The molecule has 3 N–H and O–H groups in total. The molecule has 0 spiro atoms. The molecule has 92 valence electrons. The summed E-state index contributed by atoms with van der Waals surface area (Å²) in [6.07, 6.45) is 0.555. The average molecular weight is 236 g/mol. The van der Waals surface area contributed by atoms with Gasteiger partial charge in [-0.2, -0.15) is 0 Å². The molecule has 5 nitrogen and oxygen atoms in total. The van der Waals surface area contributed by atoms with Crippen molar-refractivity contribution in [2.75, 3.05) is 5.43 Å². The largest absolute Gasteiger partial charge is 0.481 e. The van der Waals surface area contributed by atoms with Crippen molar-refractivity contribution in [1.82, 2.24) is 5.43 Å². The fraction of sp³-hybridized carbons (Fsp3) is 0.333. The van der Waals surface area contributed by atoms with Crippen molar-refractivity contribution in [3.63, 3.8) is 0 Å². The quantitative estimate of drug-likeness (QED) is 0.657. The number of aliphatic carboxylic acids is 1. The molecule has 0 radical (unpaired) electrons. The molecule has 17 heavy (non-hydrogen) atoms. The van der Waals surface area contributed by atoms with Crippen molar-refractivity contribution >= 4 is 17.6 Å². The lowest BCUT2D eigenvalue weighted by Crippen LogP contribution is -2.29. The molecule has 0 aliphatic rings. The number of rotatable bonds is 6. The molecule has 5 heteroatoms. The van der Waals surface area contributed by atoms with Crippen LogP contribution in [0.4, 0.5) is 5.69 Å². The predicted octanol–water partition coefficient (Wildman–Crippen LogP) is 1.69. The van der Waals surface area contributed by atoms with E-state index in [1.807, 2.05) is 31.2 Å². The lowest BCUT2D eigenvalue weighted by molar-refractivity contribution is -0.137. The summed E-state index contributed by atoms with van der Waals surface area (Å²) < 4.78 is 0. The van der Waals surface area contributed by atoms with Crippen molar-refractivity contribution in [2.45, 2.75) is 26.2 Å². The Morgan fingerprint density at radius 1 is 1.24 bits per heavy atom. The van der Waals surface area contributed by atoms with Crippen molar-refractivity contribution in [1.29, 1.82) is 0 Å². The van der Waals surface area contributed by atoms with E-state index in [9.17, 15) is 9.59 Å². The summed E-state index contributed by atoms with van der Waals surface area (Å²) in [5.41, 5.74) is 7.19. The van der Waals surface area contributed by atoms with Gasteiger partial charge in [-0.1, -0.05) is 18.2 Å². The van der Waals surface area contributed by atoms with Gasteiger partial charge in [-0.25, -0.2) is 0 Å². The van der Waals surface area contributed by atoms with Gasteiger partial charge in [-0.3, -0.25) is 20.4 Å². The number of carboxylic acids is 1. The average Bonchev–Trinajstić information content (AvgIpc) is 2.27. The number of carbonyl (C=O) groups is 2. The Kier molecular flexibility index (Phi) is 5.00. The summed E-state index contributed by atoms with van der Waals surface area (Å²) in [6.45, 7) is 1.93. The molecule has 0 aromatic heterocycles. The van der Waals surface area contributed by atoms with Gasteiger partial charge in [0.2, 0.25) is 5.91 Å². The Bertz CT molecular complexity index is 404. The smallest absolute Gasteiger partial charge is 0.303 e. The van der Waals surface area contributed by atoms with E-state index in [1.165, 1.54) is 0 Å². The molecule has 0 unspecified atom stereocenters. The number of carboxylic acid groups (broad SMARTS) is 1. The van der Waals surface area contributed by atoms with Crippen LogP contribution < -0.4 is 10.9 Å². The highest BCUT2D eigenvalue weighted by molar-refractivity contribution is 5.78. The first-order chi connectivity index (χ1) is 8.09. The van der Waals surface area contributed by atoms with E-state index in [2.05, 4.69) is 10.9 Å². The van der Waals surface area contributed by atoms with Gasteiger partial charge >= 0.3 is 5.97 Å². The third-order valence-corrected chi connectivity index (χ3v) is 2.28. The third kappa shape index (κ3) is 5.01. The van der Waals surface area contributed by atoms with Crippen LogP contribution in [0.25, 0.3) is 0 Å². The number of anilines is 1. The van der Waals surface area contributed by atoms with Gasteiger partial charge in [-0.15, -0.1) is 0 Å². The van der Waals surface area contributed by atoms with E-state index in [-0.39, 0.29) is 18.7 Å². The first kappa shape index (κ1) is 13.0. The Morgan fingerprint density at radius 3 is 2.59 bits per heavy atom. The first-order valence-corrected chi connectivity index (χ1v) is 5.42. The van der Waals surface area contributed by atoms with Crippen molar-refractivity contribution in [3.05, 3.63) is 29.8 Å². The number of carbonyl (C=O) groups excluding carboxylic acids is 1. The molecular weight excluding hydrogens is 220 g/mol. The number of benzene rings is 1. The van der Waals surface area contributed by atoms with Gasteiger partial charge in [0.05, 0.1) is 5.69 Å². The number of para-hydroxylation sites is 1. The van der Waals surface area contributed by atoms with Crippen LogP contribution in [0, 0.1) is 6.92 Å². The summed E-state index contributed by atoms with van der Waals surface area (Å²) in [5, 5.41) is 8.42. The van der Waals surface area contributed by atoms with Gasteiger partial charge in [0.1, 0.15) is 0 Å². The minimum Gasteiger partial charge on any atom is -0.481 e. The second-order valence-corrected chi connectivity index (χ2v) is 3.74. The molecule has 0 aliphatic heterocycles. The zero-order chi connectivity index (χ0) is 12.7. The monoisotopic (exact) mass is 236 g/mol. The van der Waals surface area contributed by atoms with Gasteiger partial charge in [0.25, 0.3) is 0 Å². The van der Waals surface area contributed by atoms with E-state index in [4.69, 9.17) is 5.11 Å².